The highest BCUT2D eigenvalue weighted by Crippen LogP contribution is 2.36. The van der Waals surface area contributed by atoms with Gasteiger partial charge >= 0.3 is 5.97 Å². The molecule has 39 heavy (non-hydrogen) atoms. The molecule has 1 saturated heterocycles. The van der Waals surface area contributed by atoms with Crippen LogP contribution in [0.5, 0.6) is 11.5 Å². The minimum atomic E-state index is -0.755. The number of carbonyl (C=O) groups excluding carboxylic acids is 3. The molecule has 1 aliphatic heterocycles. The Labute approximate surface area is 225 Å². The van der Waals surface area contributed by atoms with E-state index in [2.05, 4.69) is 0 Å². The Hall–Kier alpha value is -5.04. The van der Waals surface area contributed by atoms with Crippen LogP contribution in [0.15, 0.2) is 71.6 Å². The molecule has 1 fully saturated rings. The SMILES string of the molecule is CCOc1cc(/C=C2\SC(=O)N(Cc3ccccc3[N+](=O)[O-])C2=O)ccc1OC(=O)c1ccc([N+](=O)[O-])cc1. The first kappa shape index (κ1) is 27.0. The van der Waals surface area contributed by atoms with Crippen LogP contribution >= 0.6 is 11.8 Å². The van der Waals surface area contributed by atoms with Crippen molar-refractivity contribution < 1.29 is 33.7 Å². The predicted molar refractivity (Wildman–Crippen MR) is 140 cm³/mol. The number of nitrogens with zero attached hydrogens (tertiary/aromatic N) is 3. The zero-order valence-corrected chi connectivity index (χ0v) is 21.1. The van der Waals surface area contributed by atoms with E-state index in [9.17, 15) is 34.6 Å². The summed E-state index contributed by atoms with van der Waals surface area (Å²) >= 11 is 0.699. The topological polar surface area (TPSA) is 159 Å². The summed E-state index contributed by atoms with van der Waals surface area (Å²) in [6, 6.07) is 15.3. The van der Waals surface area contributed by atoms with Crippen molar-refractivity contribution in [3.05, 3.63) is 109 Å². The average molecular weight is 550 g/mol. The third kappa shape index (κ3) is 6.10. The van der Waals surface area contributed by atoms with Gasteiger partial charge in [-0.25, -0.2) is 4.79 Å². The molecular formula is C26H19N3O9S. The van der Waals surface area contributed by atoms with Crippen molar-refractivity contribution in [2.75, 3.05) is 6.61 Å². The van der Waals surface area contributed by atoms with E-state index in [-0.39, 0.29) is 52.1 Å². The number of imide groups is 1. The van der Waals surface area contributed by atoms with Crippen LogP contribution in [0.4, 0.5) is 16.2 Å². The quantitative estimate of drug-likeness (QED) is 0.112. The second-order valence-electron chi connectivity index (χ2n) is 7.99. The van der Waals surface area contributed by atoms with E-state index >= 15 is 0 Å². The van der Waals surface area contributed by atoms with Gasteiger partial charge in [-0.2, -0.15) is 0 Å². The molecule has 0 spiro atoms. The Bertz CT molecular complexity index is 1520. The van der Waals surface area contributed by atoms with Crippen molar-refractivity contribution >= 4 is 46.3 Å². The van der Waals surface area contributed by atoms with Crippen molar-refractivity contribution in [2.24, 2.45) is 0 Å². The molecule has 3 aromatic carbocycles. The molecule has 0 aliphatic carbocycles. The zero-order valence-electron chi connectivity index (χ0n) is 20.3. The van der Waals surface area contributed by atoms with Crippen LogP contribution < -0.4 is 9.47 Å². The lowest BCUT2D eigenvalue weighted by atomic mass is 10.1. The lowest BCUT2D eigenvalue weighted by molar-refractivity contribution is -0.385. The van der Waals surface area contributed by atoms with Crippen LogP contribution in [0.3, 0.4) is 0 Å². The van der Waals surface area contributed by atoms with Gasteiger partial charge in [0.05, 0.1) is 33.5 Å². The van der Waals surface area contributed by atoms with E-state index in [1.165, 1.54) is 60.7 Å². The van der Waals surface area contributed by atoms with E-state index in [1.54, 1.807) is 19.1 Å². The Kier molecular flexibility index (Phi) is 8.01. The maximum Gasteiger partial charge on any atom is 0.343 e. The normalized spacial score (nSPS) is 14.0. The number of esters is 1. The van der Waals surface area contributed by atoms with Gasteiger partial charge in [0.25, 0.3) is 22.5 Å². The van der Waals surface area contributed by atoms with Gasteiger partial charge < -0.3 is 9.47 Å². The number of para-hydroxylation sites is 1. The zero-order chi connectivity index (χ0) is 28.1. The van der Waals surface area contributed by atoms with Crippen molar-refractivity contribution in [1.82, 2.24) is 4.90 Å². The van der Waals surface area contributed by atoms with Crippen LogP contribution in [0.2, 0.25) is 0 Å². The summed E-state index contributed by atoms with van der Waals surface area (Å²) in [6.07, 6.45) is 1.47. The van der Waals surface area contributed by atoms with Crippen molar-refractivity contribution in [3.63, 3.8) is 0 Å². The molecule has 0 bridgehead atoms. The van der Waals surface area contributed by atoms with Crippen LogP contribution in [-0.4, -0.2) is 38.5 Å². The predicted octanol–water partition coefficient (Wildman–Crippen LogP) is 5.36. The number of ether oxygens (including phenoxy) is 2. The fourth-order valence-corrected chi connectivity index (χ4v) is 4.46. The molecule has 2 amide bonds. The second kappa shape index (κ2) is 11.6. The summed E-state index contributed by atoms with van der Waals surface area (Å²) in [5.74, 6) is -1.08. The van der Waals surface area contributed by atoms with Crippen molar-refractivity contribution in [2.45, 2.75) is 13.5 Å². The molecular weight excluding hydrogens is 530 g/mol. The molecule has 0 atom stereocenters. The highest BCUT2D eigenvalue weighted by atomic mass is 32.2. The van der Waals surface area contributed by atoms with E-state index in [0.717, 1.165) is 4.90 Å². The van der Waals surface area contributed by atoms with Gasteiger partial charge in [-0.15, -0.1) is 0 Å². The summed E-state index contributed by atoms with van der Waals surface area (Å²) < 4.78 is 11.0. The molecule has 1 heterocycles. The largest absolute Gasteiger partial charge is 0.490 e. The van der Waals surface area contributed by atoms with Gasteiger partial charge in [0, 0.05) is 23.8 Å². The van der Waals surface area contributed by atoms with E-state index in [0.29, 0.717) is 17.3 Å². The highest BCUT2D eigenvalue weighted by Gasteiger charge is 2.36. The van der Waals surface area contributed by atoms with E-state index < -0.39 is 27.0 Å². The number of nitro groups is 2. The molecule has 0 N–H and O–H groups in total. The third-order valence-electron chi connectivity index (χ3n) is 5.47. The van der Waals surface area contributed by atoms with Gasteiger partial charge in [0.1, 0.15) is 0 Å². The number of carbonyl (C=O) groups is 3. The summed E-state index contributed by atoms with van der Waals surface area (Å²) in [7, 11) is 0. The monoisotopic (exact) mass is 549 g/mol. The molecule has 0 unspecified atom stereocenters. The molecule has 1 aliphatic rings. The Morgan fingerprint density at radius 1 is 0.974 bits per heavy atom. The maximum absolute atomic E-state index is 13.0. The van der Waals surface area contributed by atoms with Crippen LogP contribution in [0.1, 0.15) is 28.4 Å². The summed E-state index contributed by atoms with van der Waals surface area (Å²) in [6.45, 7) is 1.71. The minimum absolute atomic E-state index is 0.0850. The Morgan fingerprint density at radius 3 is 2.36 bits per heavy atom. The Balaban J connectivity index is 1.53. The van der Waals surface area contributed by atoms with Gasteiger partial charge in [-0.1, -0.05) is 24.3 Å². The maximum atomic E-state index is 13.0. The fraction of sp³-hybridized carbons (Fsp3) is 0.115. The third-order valence-corrected chi connectivity index (χ3v) is 6.38. The number of thioether (sulfide) groups is 1. The first-order valence-electron chi connectivity index (χ1n) is 11.4. The molecule has 0 radical (unpaired) electrons. The van der Waals surface area contributed by atoms with E-state index in [4.69, 9.17) is 9.47 Å². The number of non-ortho nitro benzene ring substituents is 1. The molecule has 198 valence electrons. The van der Waals surface area contributed by atoms with Crippen molar-refractivity contribution in [1.29, 1.82) is 0 Å². The van der Waals surface area contributed by atoms with Gasteiger partial charge in [0.2, 0.25) is 0 Å². The van der Waals surface area contributed by atoms with Gasteiger partial charge in [-0.3, -0.25) is 34.7 Å². The molecule has 13 heteroatoms. The minimum Gasteiger partial charge on any atom is -0.490 e. The van der Waals surface area contributed by atoms with Crippen LogP contribution in [0, 0.1) is 20.2 Å². The molecule has 12 nitrogen and oxygen atoms in total. The summed E-state index contributed by atoms with van der Waals surface area (Å²) in [5, 5.41) is 21.6. The second-order valence-corrected chi connectivity index (χ2v) is 8.98. The number of rotatable bonds is 9. The van der Waals surface area contributed by atoms with E-state index in [1.807, 2.05) is 0 Å². The molecule has 0 aromatic heterocycles. The lowest BCUT2D eigenvalue weighted by Crippen LogP contribution is -2.27. The Morgan fingerprint density at radius 2 is 1.69 bits per heavy atom. The number of amides is 2. The van der Waals surface area contributed by atoms with Gasteiger partial charge in [0.15, 0.2) is 11.5 Å². The standard InChI is InChI=1S/C26H19N3O9S/c1-2-37-22-13-16(7-12-21(22)38-25(31)17-8-10-19(11-9-17)28(33)34)14-23-24(30)27(26(32)39-23)15-18-5-3-4-6-20(18)29(35)36/h3-14H,2,15H2,1H3/b23-14-. The molecule has 4 rings (SSSR count). The average Bonchev–Trinajstić information content (AvgIpc) is 3.17. The first-order chi connectivity index (χ1) is 18.7. The number of hydrogen-bond acceptors (Lipinski definition) is 10. The summed E-state index contributed by atoms with van der Waals surface area (Å²) in [5.41, 5.74) is 0.436. The number of benzene rings is 3. The van der Waals surface area contributed by atoms with Crippen LogP contribution in [-0.2, 0) is 11.3 Å². The number of hydrogen-bond donors (Lipinski definition) is 0. The van der Waals surface area contributed by atoms with Gasteiger partial charge in [-0.05, 0) is 54.6 Å². The first-order valence-corrected chi connectivity index (χ1v) is 12.2. The molecule has 0 saturated carbocycles. The smallest absolute Gasteiger partial charge is 0.343 e. The fourth-order valence-electron chi connectivity index (χ4n) is 3.63. The number of nitro benzene ring substituents is 2. The molecule has 3 aromatic rings. The van der Waals surface area contributed by atoms with Crippen molar-refractivity contribution in [3.8, 4) is 11.5 Å². The lowest BCUT2D eigenvalue weighted by Gasteiger charge is -2.13. The summed E-state index contributed by atoms with van der Waals surface area (Å²) in [4.78, 5) is 60.1. The van der Waals surface area contributed by atoms with Crippen LogP contribution in [0.25, 0.3) is 6.08 Å². The highest BCUT2D eigenvalue weighted by molar-refractivity contribution is 8.18.